The fourth-order valence-corrected chi connectivity index (χ4v) is 3.08. The topological polar surface area (TPSA) is 67.2 Å². The van der Waals surface area contributed by atoms with Gasteiger partial charge in [-0.25, -0.2) is 9.07 Å². The van der Waals surface area contributed by atoms with Gasteiger partial charge >= 0.3 is 0 Å². The van der Waals surface area contributed by atoms with E-state index in [2.05, 4.69) is 26.1 Å². The lowest BCUT2D eigenvalue weighted by molar-refractivity contribution is -0.117. The molecule has 1 aromatic carbocycles. The molecule has 0 saturated heterocycles. The first-order chi connectivity index (χ1) is 14.3. The Morgan fingerprint density at radius 2 is 1.71 bits per heavy atom. The summed E-state index contributed by atoms with van der Waals surface area (Å²) >= 11 is 0. The summed E-state index contributed by atoms with van der Waals surface area (Å²) in [4.78, 5) is 27.3. The number of aromatic nitrogens is 2. The van der Waals surface area contributed by atoms with E-state index in [0.29, 0.717) is 17.9 Å². The number of nitrogens with one attached hydrogen (secondary N) is 1. The molecular formula is C24H35FN4O2. The zero-order chi connectivity index (χ0) is 23.4. The summed E-state index contributed by atoms with van der Waals surface area (Å²) in [7, 11) is 0. The average molecular weight is 431 g/mol. The molecule has 1 N–H and O–H groups in total. The summed E-state index contributed by atoms with van der Waals surface area (Å²) in [6.45, 7) is 14.7. The number of nitrogens with zero attached hydrogens (tertiary/aromatic N) is 3. The normalized spacial score (nSPS) is 12.0. The maximum Gasteiger partial charge on any atom is 0.254 e. The molecular weight excluding hydrogens is 395 g/mol. The highest BCUT2D eigenvalue weighted by molar-refractivity contribution is 5.99. The van der Waals surface area contributed by atoms with Crippen LogP contribution in [0.3, 0.4) is 0 Å². The molecule has 0 aliphatic carbocycles. The van der Waals surface area contributed by atoms with E-state index in [1.807, 2.05) is 38.4 Å². The molecule has 31 heavy (non-hydrogen) atoms. The lowest BCUT2D eigenvalue weighted by Gasteiger charge is -2.24. The Morgan fingerprint density at radius 3 is 2.23 bits per heavy atom. The van der Waals surface area contributed by atoms with Crippen molar-refractivity contribution in [1.29, 1.82) is 0 Å². The molecule has 0 bridgehead atoms. The predicted octanol–water partition coefficient (Wildman–Crippen LogP) is 4.96. The van der Waals surface area contributed by atoms with Gasteiger partial charge in [-0.2, -0.15) is 5.10 Å². The van der Waals surface area contributed by atoms with Crippen LogP contribution in [0.5, 0.6) is 0 Å². The lowest BCUT2D eigenvalue weighted by atomic mass is 9.92. The van der Waals surface area contributed by atoms with Crippen LogP contribution in [0.1, 0.15) is 77.4 Å². The lowest BCUT2D eigenvalue weighted by Crippen LogP contribution is -2.39. The van der Waals surface area contributed by atoms with Crippen molar-refractivity contribution in [1.82, 2.24) is 14.7 Å². The molecule has 6 nitrogen and oxygen atoms in total. The molecule has 0 atom stereocenters. The minimum atomic E-state index is -0.403. The van der Waals surface area contributed by atoms with Crippen LogP contribution in [0.25, 0.3) is 0 Å². The Kier molecular flexibility index (Phi) is 7.63. The number of anilines is 1. The molecule has 0 aliphatic heterocycles. The van der Waals surface area contributed by atoms with E-state index in [4.69, 9.17) is 5.10 Å². The molecule has 0 aliphatic rings. The first-order valence-electron chi connectivity index (χ1n) is 10.8. The maximum atomic E-state index is 13.2. The number of unbranched alkanes of at least 4 members (excludes halogenated alkanes) is 1. The maximum absolute atomic E-state index is 13.2. The Hall–Kier alpha value is -2.70. The third-order valence-corrected chi connectivity index (χ3v) is 4.88. The zero-order valence-electron chi connectivity index (χ0n) is 19.8. The predicted molar refractivity (Wildman–Crippen MR) is 122 cm³/mol. The van der Waals surface area contributed by atoms with E-state index in [0.717, 1.165) is 18.5 Å². The van der Waals surface area contributed by atoms with E-state index in [-0.39, 0.29) is 29.3 Å². The summed E-state index contributed by atoms with van der Waals surface area (Å²) in [6, 6.07) is 7.28. The van der Waals surface area contributed by atoms with Crippen LogP contribution in [0.2, 0.25) is 0 Å². The van der Waals surface area contributed by atoms with Gasteiger partial charge < -0.3 is 10.2 Å². The van der Waals surface area contributed by atoms with E-state index in [9.17, 15) is 14.0 Å². The van der Waals surface area contributed by atoms with Crippen molar-refractivity contribution in [2.24, 2.45) is 0 Å². The molecule has 0 unspecified atom stereocenters. The van der Waals surface area contributed by atoms with Crippen LogP contribution in [0.4, 0.5) is 10.2 Å². The molecule has 1 aromatic heterocycles. The molecule has 0 radical (unpaired) electrons. The second-order valence-corrected chi connectivity index (χ2v) is 9.88. The van der Waals surface area contributed by atoms with Gasteiger partial charge in [0.2, 0.25) is 5.91 Å². The zero-order valence-corrected chi connectivity index (χ0v) is 19.8. The second-order valence-electron chi connectivity index (χ2n) is 9.88. The van der Waals surface area contributed by atoms with Crippen molar-refractivity contribution < 1.29 is 14.0 Å². The summed E-state index contributed by atoms with van der Waals surface area (Å²) < 4.78 is 15.0. The second kappa shape index (κ2) is 9.62. The van der Waals surface area contributed by atoms with Crippen LogP contribution in [0.15, 0.2) is 30.3 Å². The highest BCUT2D eigenvalue weighted by atomic mass is 19.1. The third-order valence-electron chi connectivity index (χ3n) is 4.88. The highest BCUT2D eigenvalue weighted by Crippen LogP contribution is 2.28. The monoisotopic (exact) mass is 430 g/mol. The number of rotatable bonds is 7. The van der Waals surface area contributed by atoms with Gasteiger partial charge in [0.1, 0.15) is 18.2 Å². The standard InChI is InChI=1S/C24H35FN4O2/c1-8-9-14-28(22(31)17-10-12-18(25)13-11-17)16-21(30)26-20-15-19(23(2,3)4)27-29(20)24(5,6)7/h10-13,15H,8-9,14,16H2,1-7H3,(H,26,30). The molecule has 170 valence electrons. The van der Waals surface area contributed by atoms with Crippen molar-refractivity contribution in [3.05, 3.63) is 47.4 Å². The SMILES string of the molecule is CCCCN(CC(=O)Nc1cc(C(C)(C)C)nn1C(C)(C)C)C(=O)c1ccc(F)cc1. The fourth-order valence-electron chi connectivity index (χ4n) is 3.08. The molecule has 2 rings (SSSR count). The number of halogens is 1. The molecule has 1 heterocycles. The van der Waals surface area contributed by atoms with Crippen molar-refractivity contribution >= 4 is 17.6 Å². The van der Waals surface area contributed by atoms with Crippen molar-refractivity contribution in [3.8, 4) is 0 Å². The smallest absolute Gasteiger partial charge is 0.254 e. The summed E-state index contributed by atoms with van der Waals surface area (Å²) in [5, 5.41) is 7.65. The number of carbonyl (C=O) groups excluding carboxylic acids is 2. The highest BCUT2D eigenvalue weighted by Gasteiger charge is 2.26. The third kappa shape index (κ3) is 6.64. The summed E-state index contributed by atoms with van der Waals surface area (Å²) in [5.41, 5.74) is 0.752. The van der Waals surface area contributed by atoms with Gasteiger partial charge in [0.05, 0.1) is 11.2 Å². The molecule has 0 saturated carbocycles. The molecule has 2 aromatic rings. The van der Waals surface area contributed by atoms with Crippen molar-refractivity contribution in [2.45, 2.75) is 72.3 Å². The Balaban J connectivity index is 2.23. The quantitative estimate of drug-likeness (QED) is 0.675. The molecule has 0 fully saturated rings. The van der Waals surface area contributed by atoms with Gasteiger partial charge in [-0.3, -0.25) is 9.59 Å². The number of hydrogen-bond donors (Lipinski definition) is 1. The average Bonchev–Trinajstić information content (AvgIpc) is 3.09. The van der Waals surface area contributed by atoms with Crippen LogP contribution in [-0.4, -0.2) is 39.6 Å². The Labute approximate surface area is 184 Å². The van der Waals surface area contributed by atoms with Crippen LogP contribution < -0.4 is 5.32 Å². The van der Waals surface area contributed by atoms with Crippen LogP contribution in [-0.2, 0) is 15.7 Å². The van der Waals surface area contributed by atoms with E-state index in [1.165, 1.54) is 29.2 Å². The van der Waals surface area contributed by atoms with E-state index in [1.54, 1.807) is 0 Å². The van der Waals surface area contributed by atoms with Crippen LogP contribution in [0, 0.1) is 5.82 Å². The molecule has 7 heteroatoms. The Morgan fingerprint density at radius 1 is 1.10 bits per heavy atom. The summed E-state index contributed by atoms with van der Waals surface area (Å²) in [6.07, 6.45) is 1.66. The van der Waals surface area contributed by atoms with Crippen LogP contribution >= 0.6 is 0 Å². The van der Waals surface area contributed by atoms with Gasteiger partial charge in [0.25, 0.3) is 5.91 Å². The van der Waals surface area contributed by atoms with E-state index < -0.39 is 5.82 Å². The largest absolute Gasteiger partial charge is 0.329 e. The minimum absolute atomic E-state index is 0.0869. The number of benzene rings is 1. The van der Waals surface area contributed by atoms with E-state index >= 15 is 0 Å². The Bertz CT molecular complexity index is 905. The first-order valence-corrected chi connectivity index (χ1v) is 10.8. The molecule has 0 spiro atoms. The molecule has 2 amide bonds. The number of carbonyl (C=O) groups is 2. The van der Waals surface area contributed by atoms with Gasteiger partial charge in [-0.05, 0) is 51.5 Å². The first kappa shape index (κ1) is 24.6. The van der Waals surface area contributed by atoms with Gasteiger partial charge in [-0.1, -0.05) is 34.1 Å². The summed E-state index contributed by atoms with van der Waals surface area (Å²) in [5.74, 6) is -0.382. The fraction of sp³-hybridized carbons (Fsp3) is 0.542. The number of hydrogen-bond acceptors (Lipinski definition) is 3. The number of amides is 2. The van der Waals surface area contributed by atoms with Gasteiger partial charge in [0.15, 0.2) is 0 Å². The van der Waals surface area contributed by atoms with Gasteiger partial charge in [0, 0.05) is 23.6 Å². The van der Waals surface area contributed by atoms with Gasteiger partial charge in [-0.15, -0.1) is 0 Å². The minimum Gasteiger partial charge on any atom is -0.329 e. The van der Waals surface area contributed by atoms with Crippen molar-refractivity contribution in [2.75, 3.05) is 18.4 Å². The van der Waals surface area contributed by atoms with Crippen molar-refractivity contribution in [3.63, 3.8) is 0 Å².